The zero-order valence-electron chi connectivity index (χ0n) is 15.2. The van der Waals surface area contributed by atoms with Gasteiger partial charge in [0.25, 0.3) is 0 Å². The van der Waals surface area contributed by atoms with Crippen molar-refractivity contribution in [3.8, 4) is 0 Å². The summed E-state index contributed by atoms with van der Waals surface area (Å²) in [5, 5.41) is 2.77. The van der Waals surface area contributed by atoms with Crippen LogP contribution in [0.15, 0.2) is 36.4 Å². The highest BCUT2D eigenvalue weighted by Gasteiger charge is 2.27. The number of benzene rings is 2. The van der Waals surface area contributed by atoms with Crippen LogP contribution in [0.1, 0.15) is 51.9 Å². The minimum atomic E-state index is -0.410. The third-order valence-corrected chi connectivity index (χ3v) is 5.37. The molecule has 0 radical (unpaired) electrons. The maximum Gasteiger partial charge on any atom is 0.310 e. The number of amides is 1. The fourth-order valence-electron chi connectivity index (χ4n) is 3.77. The fraction of sp³-hybridized carbons (Fsp3) is 0.318. The number of aryl methyl sites for hydroxylation is 2. The monoisotopic (exact) mass is 363 g/mol. The molecule has 0 bridgehead atoms. The van der Waals surface area contributed by atoms with Gasteiger partial charge in [0.05, 0.1) is 12.3 Å². The van der Waals surface area contributed by atoms with Gasteiger partial charge in [-0.2, -0.15) is 0 Å². The lowest BCUT2D eigenvalue weighted by Gasteiger charge is -2.08. The largest absolute Gasteiger partial charge is 0.457 e. The second kappa shape index (κ2) is 6.99. The summed E-state index contributed by atoms with van der Waals surface area (Å²) in [5.74, 6) is -1.04. The first kappa shape index (κ1) is 17.5. The summed E-state index contributed by atoms with van der Waals surface area (Å²) in [6, 6.07) is 11.2. The van der Waals surface area contributed by atoms with Crippen LogP contribution in [0.4, 0.5) is 5.69 Å². The minimum Gasteiger partial charge on any atom is -0.457 e. The lowest BCUT2D eigenvalue weighted by molar-refractivity contribution is -0.141. The Morgan fingerprint density at radius 3 is 2.78 bits per heavy atom. The van der Waals surface area contributed by atoms with Gasteiger partial charge in [-0.05, 0) is 66.6 Å². The molecule has 1 aliphatic heterocycles. The number of ether oxygens (including phenoxy) is 1. The number of rotatable bonds is 5. The summed E-state index contributed by atoms with van der Waals surface area (Å²) >= 11 is 0. The Kier molecular flexibility index (Phi) is 4.52. The summed E-state index contributed by atoms with van der Waals surface area (Å²) in [7, 11) is 0. The zero-order chi connectivity index (χ0) is 19.0. The molecule has 138 valence electrons. The Hall–Kier alpha value is -2.95. The topological polar surface area (TPSA) is 72.5 Å². The van der Waals surface area contributed by atoms with Crippen molar-refractivity contribution >= 4 is 23.3 Å². The predicted octanol–water partition coefficient (Wildman–Crippen LogP) is 3.20. The van der Waals surface area contributed by atoms with Crippen LogP contribution in [0.25, 0.3) is 0 Å². The van der Waals surface area contributed by atoms with Gasteiger partial charge in [-0.3, -0.25) is 14.4 Å². The molecular weight excluding hydrogens is 342 g/mol. The number of esters is 1. The van der Waals surface area contributed by atoms with Gasteiger partial charge in [-0.15, -0.1) is 0 Å². The Bertz CT molecular complexity index is 947. The van der Waals surface area contributed by atoms with E-state index in [1.807, 2.05) is 6.07 Å². The summed E-state index contributed by atoms with van der Waals surface area (Å²) in [6.07, 6.45) is 3.50. The molecule has 1 atom stereocenters. The molecule has 5 nitrogen and oxygen atoms in total. The van der Waals surface area contributed by atoms with Crippen molar-refractivity contribution in [2.75, 3.05) is 11.9 Å². The highest BCUT2D eigenvalue weighted by molar-refractivity contribution is 6.05. The van der Waals surface area contributed by atoms with Gasteiger partial charge < -0.3 is 10.1 Å². The molecule has 0 fully saturated rings. The van der Waals surface area contributed by atoms with Gasteiger partial charge in [0.1, 0.15) is 0 Å². The normalized spacial score (nSPS) is 17.2. The van der Waals surface area contributed by atoms with Gasteiger partial charge in [0, 0.05) is 11.3 Å². The van der Waals surface area contributed by atoms with Crippen LogP contribution in [0, 0.1) is 0 Å². The van der Waals surface area contributed by atoms with Crippen molar-refractivity contribution in [3.05, 3.63) is 64.2 Å². The van der Waals surface area contributed by atoms with Gasteiger partial charge >= 0.3 is 5.97 Å². The maximum absolute atomic E-state index is 12.4. The number of fused-ring (bicyclic) bond motifs is 2. The molecule has 1 heterocycles. The van der Waals surface area contributed by atoms with Crippen LogP contribution in [-0.4, -0.2) is 24.3 Å². The van der Waals surface area contributed by atoms with Crippen molar-refractivity contribution in [3.63, 3.8) is 0 Å². The van der Waals surface area contributed by atoms with Crippen LogP contribution in [0.5, 0.6) is 0 Å². The number of hydrogen-bond donors (Lipinski definition) is 1. The highest BCUT2D eigenvalue weighted by atomic mass is 16.5. The van der Waals surface area contributed by atoms with Crippen molar-refractivity contribution < 1.29 is 19.1 Å². The second-order valence-electron chi connectivity index (χ2n) is 7.23. The molecule has 1 N–H and O–H groups in total. The Labute approximate surface area is 157 Å². The van der Waals surface area contributed by atoms with E-state index in [9.17, 15) is 14.4 Å². The standard InChI is InChI=1S/C22H21NO4/c1-13-18-11-17(7-8-19(18)23-22(13)26)20(24)12-27-21(25)10-14-5-6-15-3-2-4-16(15)9-14/h5-9,11,13H,2-4,10,12H2,1H3,(H,23,26)/t13-/m1/s1. The predicted molar refractivity (Wildman–Crippen MR) is 101 cm³/mol. The van der Waals surface area contributed by atoms with Gasteiger partial charge in [-0.25, -0.2) is 0 Å². The first-order valence-corrected chi connectivity index (χ1v) is 9.25. The molecule has 2 aromatic carbocycles. The van der Waals surface area contributed by atoms with Crippen molar-refractivity contribution in [2.24, 2.45) is 0 Å². The van der Waals surface area contributed by atoms with Crippen molar-refractivity contribution in [2.45, 2.75) is 38.5 Å². The molecule has 0 aromatic heterocycles. The molecule has 5 heteroatoms. The van der Waals surface area contributed by atoms with E-state index in [2.05, 4.69) is 17.4 Å². The average molecular weight is 363 g/mol. The van der Waals surface area contributed by atoms with E-state index in [-0.39, 0.29) is 30.6 Å². The molecule has 1 amide bonds. The van der Waals surface area contributed by atoms with E-state index in [0.29, 0.717) is 5.56 Å². The molecular formula is C22H21NO4. The molecule has 4 rings (SSSR count). The lowest BCUT2D eigenvalue weighted by atomic mass is 9.99. The first-order chi connectivity index (χ1) is 13.0. The molecule has 2 aromatic rings. The first-order valence-electron chi connectivity index (χ1n) is 9.25. The second-order valence-corrected chi connectivity index (χ2v) is 7.23. The number of anilines is 1. The quantitative estimate of drug-likeness (QED) is 0.654. The Morgan fingerprint density at radius 1 is 1.11 bits per heavy atom. The van der Waals surface area contributed by atoms with Crippen LogP contribution in [-0.2, 0) is 33.6 Å². The van der Waals surface area contributed by atoms with E-state index in [1.54, 1.807) is 25.1 Å². The van der Waals surface area contributed by atoms with Crippen LogP contribution < -0.4 is 5.32 Å². The summed E-state index contributed by atoms with van der Waals surface area (Å²) < 4.78 is 5.18. The molecule has 0 unspecified atom stereocenters. The smallest absolute Gasteiger partial charge is 0.310 e. The van der Waals surface area contributed by atoms with E-state index >= 15 is 0 Å². The highest BCUT2D eigenvalue weighted by Crippen LogP contribution is 2.32. The Morgan fingerprint density at radius 2 is 1.93 bits per heavy atom. The molecule has 1 aliphatic carbocycles. The zero-order valence-corrected chi connectivity index (χ0v) is 15.2. The lowest BCUT2D eigenvalue weighted by Crippen LogP contribution is -2.16. The van der Waals surface area contributed by atoms with Crippen LogP contribution >= 0.6 is 0 Å². The number of hydrogen-bond acceptors (Lipinski definition) is 4. The average Bonchev–Trinajstić information content (AvgIpc) is 3.23. The summed E-state index contributed by atoms with van der Waals surface area (Å²) in [4.78, 5) is 36.2. The maximum atomic E-state index is 12.4. The molecule has 0 spiro atoms. The summed E-state index contributed by atoms with van der Waals surface area (Å²) in [6.45, 7) is 1.50. The minimum absolute atomic E-state index is 0.0737. The molecule has 0 saturated heterocycles. The third kappa shape index (κ3) is 3.50. The van der Waals surface area contributed by atoms with Gasteiger partial charge in [-0.1, -0.05) is 18.2 Å². The van der Waals surface area contributed by atoms with E-state index < -0.39 is 5.97 Å². The molecule has 27 heavy (non-hydrogen) atoms. The number of nitrogens with one attached hydrogen (secondary N) is 1. The third-order valence-electron chi connectivity index (χ3n) is 5.37. The number of carbonyl (C=O) groups excluding carboxylic acids is 3. The van der Waals surface area contributed by atoms with Crippen LogP contribution in [0.2, 0.25) is 0 Å². The van der Waals surface area contributed by atoms with Crippen molar-refractivity contribution in [1.82, 2.24) is 0 Å². The van der Waals surface area contributed by atoms with Gasteiger partial charge in [0.15, 0.2) is 12.4 Å². The molecule has 2 aliphatic rings. The number of ketones is 1. The molecule has 0 saturated carbocycles. The van der Waals surface area contributed by atoms with E-state index in [4.69, 9.17) is 4.74 Å². The summed E-state index contributed by atoms with van der Waals surface area (Å²) in [5.41, 5.74) is 5.58. The SMILES string of the molecule is C[C@H]1C(=O)Nc2ccc(C(=O)COC(=O)Cc3ccc4c(c3)CCC4)cc21. The fourth-order valence-corrected chi connectivity index (χ4v) is 3.77. The Balaban J connectivity index is 1.35. The number of Topliss-reactive ketones (excluding diaryl/α,β-unsaturated/α-hetero) is 1. The van der Waals surface area contributed by atoms with E-state index in [0.717, 1.165) is 36.1 Å². The van der Waals surface area contributed by atoms with Crippen LogP contribution in [0.3, 0.4) is 0 Å². The van der Waals surface area contributed by atoms with Crippen molar-refractivity contribution in [1.29, 1.82) is 0 Å². The number of carbonyl (C=O) groups is 3. The van der Waals surface area contributed by atoms with E-state index in [1.165, 1.54) is 11.1 Å². The van der Waals surface area contributed by atoms with Gasteiger partial charge in [0.2, 0.25) is 5.91 Å².